The number of sulfonamides is 1. The summed E-state index contributed by atoms with van der Waals surface area (Å²) in [6.45, 7) is 1.82. The van der Waals surface area contributed by atoms with E-state index in [1.54, 1.807) is 13.0 Å². The highest BCUT2D eigenvalue weighted by Gasteiger charge is 2.30. The van der Waals surface area contributed by atoms with Crippen LogP contribution in [0.1, 0.15) is 27.0 Å². The normalized spacial score (nSPS) is 11.1. The first-order chi connectivity index (χ1) is 17.0. The lowest BCUT2D eigenvalue weighted by Gasteiger charge is -2.21. The Labute approximate surface area is 222 Å². The van der Waals surface area contributed by atoms with Gasteiger partial charge in [0.25, 0.3) is 15.9 Å². The number of carbonyl (C=O) groups excluding carboxylic acids is 2. The molecule has 0 radical (unpaired) electrons. The predicted molar refractivity (Wildman–Crippen MR) is 140 cm³/mol. The van der Waals surface area contributed by atoms with Crippen molar-refractivity contribution in [1.82, 2.24) is 0 Å². The van der Waals surface area contributed by atoms with Gasteiger partial charge in [0.15, 0.2) is 11.5 Å². The van der Waals surface area contributed by atoms with Gasteiger partial charge in [-0.2, -0.15) is 0 Å². The SMILES string of the molecule is CCOC(=O)c1cc(Cl)cc(NC(=O)c2sc(Cl)cc2S(=O)(=O)N(C)c2ccc(OC)c(OC)c2)c1. The molecule has 3 rings (SSSR count). The van der Waals surface area contributed by atoms with Gasteiger partial charge in [-0.15, -0.1) is 11.3 Å². The average Bonchev–Trinajstić information content (AvgIpc) is 3.25. The first-order valence-corrected chi connectivity index (χ1v) is 13.3. The number of nitrogens with zero attached hydrogens (tertiary/aromatic N) is 1. The third-order valence-corrected chi connectivity index (χ3v) is 8.33. The van der Waals surface area contributed by atoms with Crippen LogP contribution in [0.2, 0.25) is 9.36 Å². The van der Waals surface area contributed by atoms with Gasteiger partial charge in [0.05, 0.1) is 36.4 Å². The van der Waals surface area contributed by atoms with Crippen LogP contribution in [0.25, 0.3) is 0 Å². The van der Waals surface area contributed by atoms with E-state index in [2.05, 4.69) is 5.32 Å². The number of methoxy groups -OCH3 is 2. The summed E-state index contributed by atoms with van der Waals surface area (Å²) in [6.07, 6.45) is 0. The zero-order valence-corrected chi connectivity index (χ0v) is 22.8. The fraction of sp³-hybridized carbons (Fsp3) is 0.217. The third-order valence-electron chi connectivity index (χ3n) is 4.91. The highest BCUT2D eigenvalue weighted by molar-refractivity contribution is 7.93. The topological polar surface area (TPSA) is 111 Å². The third kappa shape index (κ3) is 5.86. The summed E-state index contributed by atoms with van der Waals surface area (Å²) in [4.78, 5) is 24.8. The summed E-state index contributed by atoms with van der Waals surface area (Å²) in [7, 11) is 0.0159. The van der Waals surface area contributed by atoms with E-state index in [1.165, 1.54) is 57.7 Å². The van der Waals surface area contributed by atoms with Crippen molar-refractivity contribution in [3.05, 3.63) is 62.3 Å². The number of amides is 1. The Bertz CT molecular complexity index is 1410. The molecule has 0 fully saturated rings. The predicted octanol–water partition coefficient (Wildman–Crippen LogP) is 5.33. The minimum absolute atomic E-state index is 0.0951. The molecule has 1 N–H and O–H groups in total. The van der Waals surface area contributed by atoms with Crippen LogP contribution in [0, 0.1) is 0 Å². The average molecular weight is 573 g/mol. The van der Waals surface area contributed by atoms with Crippen molar-refractivity contribution in [3.8, 4) is 11.5 Å². The number of rotatable bonds is 9. The van der Waals surface area contributed by atoms with Crippen molar-refractivity contribution in [2.24, 2.45) is 0 Å². The van der Waals surface area contributed by atoms with Gasteiger partial charge in [-0.25, -0.2) is 13.2 Å². The van der Waals surface area contributed by atoms with Gasteiger partial charge in [0.1, 0.15) is 9.77 Å². The molecule has 36 heavy (non-hydrogen) atoms. The summed E-state index contributed by atoms with van der Waals surface area (Å²) in [6, 6.07) is 9.99. The molecule has 0 saturated heterocycles. The molecule has 9 nitrogen and oxygen atoms in total. The van der Waals surface area contributed by atoms with Crippen molar-refractivity contribution in [2.75, 3.05) is 37.5 Å². The van der Waals surface area contributed by atoms with Crippen LogP contribution in [0.5, 0.6) is 11.5 Å². The maximum atomic E-state index is 13.5. The molecule has 1 amide bonds. The van der Waals surface area contributed by atoms with Crippen LogP contribution in [-0.2, 0) is 14.8 Å². The van der Waals surface area contributed by atoms with E-state index in [-0.39, 0.29) is 42.7 Å². The zero-order valence-electron chi connectivity index (χ0n) is 19.6. The Morgan fingerprint density at radius 2 is 1.72 bits per heavy atom. The number of hydrogen-bond acceptors (Lipinski definition) is 8. The van der Waals surface area contributed by atoms with E-state index in [0.29, 0.717) is 11.5 Å². The standard InChI is InChI=1S/C23H22Cl2N2O7S2/c1-5-34-23(29)13-8-14(24)10-15(9-13)26-22(28)21-19(12-20(25)35-21)36(30,31)27(2)16-6-7-17(32-3)18(11-16)33-4/h6-12H,5H2,1-4H3,(H,26,28). The number of anilines is 2. The molecule has 0 aliphatic rings. The number of hydrogen-bond donors (Lipinski definition) is 1. The van der Waals surface area contributed by atoms with Gasteiger partial charge in [-0.05, 0) is 43.3 Å². The lowest BCUT2D eigenvalue weighted by molar-refractivity contribution is 0.0526. The maximum absolute atomic E-state index is 13.5. The van der Waals surface area contributed by atoms with Crippen LogP contribution in [0.3, 0.4) is 0 Å². The molecule has 192 valence electrons. The van der Waals surface area contributed by atoms with Gasteiger partial charge < -0.3 is 19.5 Å². The second-order valence-electron chi connectivity index (χ2n) is 7.16. The Balaban J connectivity index is 1.95. The fourth-order valence-electron chi connectivity index (χ4n) is 3.18. The summed E-state index contributed by atoms with van der Waals surface area (Å²) in [5, 5.41) is 2.76. The van der Waals surface area contributed by atoms with E-state index in [0.717, 1.165) is 15.6 Å². The number of thiophene rings is 1. The highest BCUT2D eigenvalue weighted by Crippen LogP contribution is 2.37. The summed E-state index contributed by atoms with van der Waals surface area (Å²) >= 11 is 13.0. The second-order valence-corrected chi connectivity index (χ2v) is 11.2. The fourth-order valence-corrected chi connectivity index (χ4v) is 6.30. The Hall–Kier alpha value is -2.99. The quantitative estimate of drug-likeness (QED) is 0.345. The summed E-state index contributed by atoms with van der Waals surface area (Å²) < 4.78 is 43.5. The first kappa shape index (κ1) is 27.6. The molecule has 13 heteroatoms. The Morgan fingerprint density at radius 1 is 1.03 bits per heavy atom. The molecule has 1 aromatic heterocycles. The number of halogens is 2. The van der Waals surface area contributed by atoms with Crippen molar-refractivity contribution >= 4 is 67.8 Å². The van der Waals surface area contributed by atoms with Crippen LogP contribution in [0.15, 0.2) is 47.4 Å². The van der Waals surface area contributed by atoms with Gasteiger partial charge in [-0.3, -0.25) is 9.10 Å². The molecule has 3 aromatic rings. The van der Waals surface area contributed by atoms with E-state index in [4.69, 9.17) is 37.4 Å². The minimum Gasteiger partial charge on any atom is -0.493 e. The van der Waals surface area contributed by atoms with Crippen molar-refractivity contribution in [2.45, 2.75) is 11.8 Å². The molecular weight excluding hydrogens is 551 g/mol. The highest BCUT2D eigenvalue weighted by atomic mass is 35.5. The monoisotopic (exact) mass is 572 g/mol. The first-order valence-electron chi connectivity index (χ1n) is 10.3. The van der Waals surface area contributed by atoms with Crippen molar-refractivity contribution in [3.63, 3.8) is 0 Å². The molecule has 0 aliphatic heterocycles. The van der Waals surface area contributed by atoms with E-state index >= 15 is 0 Å². The molecule has 1 heterocycles. The molecule has 0 bridgehead atoms. The van der Waals surface area contributed by atoms with Gasteiger partial charge >= 0.3 is 5.97 Å². The molecule has 0 unspecified atom stereocenters. The number of esters is 1. The van der Waals surface area contributed by atoms with E-state index in [1.807, 2.05) is 0 Å². The lowest BCUT2D eigenvalue weighted by atomic mass is 10.2. The number of ether oxygens (including phenoxy) is 3. The van der Waals surface area contributed by atoms with Crippen LogP contribution in [0.4, 0.5) is 11.4 Å². The van der Waals surface area contributed by atoms with Gasteiger partial charge in [0.2, 0.25) is 0 Å². The molecular formula is C23H22Cl2N2O7S2. The smallest absolute Gasteiger partial charge is 0.338 e. The van der Waals surface area contributed by atoms with Crippen molar-refractivity contribution in [1.29, 1.82) is 0 Å². The summed E-state index contributed by atoms with van der Waals surface area (Å²) in [5.74, 6) is -0.608. The van der Waals surface area contributed by atoms with Gasteiger partial charge in [-0.1, -0.05) is 23.2 Å². The largest absolute Gasteiger partial charge is 0.493 e. The molecule has 0 saturated carbocycles. The second kappa shape index (κ2) is 11.4. The van der Waals surface area contributed by atoms with E-state index < -0.39 is 21.9 Å². The Morgan fingerprint density at radius 3 is 2.36 bits per heavy atom. The van der Waals surface area contributed by atoms with Crippen LogP contribution in [-0.4, -0.2) is 48.2 Å². The van der Waals surface area contributed by atoms with Crippen LogP contribution >= 0.6 is 34.5 Å². The minimum atomic E-state index is -4.22. The Kier molecular flexibility index (Phi) is 8.72. The van der Waals surface area contributed by atoms with Crippen LogP contribution < -0.4 is 19.1 Å². The number of nitrogens with one attached hydrogen (secondary N) is 1. The maximum Gasteiger partial charge on any atom is 0.338 e. The van der Waals surface area contributed by atoms with E-state index in [9.17, 15) is 18.0 Å². The number of benzene rings is 2. The van der Waals surface area contributed by atoms with Crippen molar-refractivity contribution < 1.29 is 32.2 Å². The molecule has 0 spiro atoms. The number of carbonyl (C=O) groups is 2. The molecule has 0 atom stereocenters. The summed E-state index contributed by atoms with van der Waals surface area (Å²) in [5.41, 5.74) is 0.580. The lowest BCUT2D eigenvalue weighted by Crippen LogP contribution is -2.28. The molecule has 2 aromatic carbocycles. The molecule has 0 aliphatic carbocycles. The zero-order chi connectivity index (χ0) is 26.6. The van der Waals surface area contributed by atoms with Gasteiger partial charge in [0, 0.05) is 23.8 Å².